The Labute approximate surface area is 280 Å². The van der Waals surface area contributed by atoms with Gasteiger partial charge in [0.2, 0.25) is 0 Å². The van der Waals surface area contributed by atoms with E-state index in [4.69, 9.17) is 42.1 Å². The van der Waals surface area contributed by atoms with Crippen molar-refractivity contribution in [2.45, 2.75) is 37.1 Å². The summed E-state index contributed by atoms with van der Waals surface area (Å²) in [5.41, 5.74) is 2.40. The monoisotopic (exact) mass is 683 g/mol. The first-order valence-corrected chi connectivity index (χ1v) is 16.4. The Balaban J connectivity index is 1.05. The number of ether oxygens (including phenoxy) is 4. The fraction of sp³-hybridized carbons (Fsp3) is 0.412. The van der Waals surface area contributed by atoms with Gasteiger partial charge < -0.3 is 38.8 Å². The zero-order valence-electron chi connectivity index (χ0n) is 25.3. The van der Waals surface area contributed by atoms with E-state index < -0.39 is 17.7 Å². The highest BCUT2D eigenvalue weighted by molar-refractivity contribution is 6.40. The standard InChI is InChI=1S/C34H32Cl2FN3O7/c35-26-8-22(39-15-34(16-39)17-44-6-7-47-34)9-27(36)30(26)32(41)38-12-19-2-1-3-23(31(19)46-18-38)24-11-29(25(33(42)43)10-28(24)37)40-20-4-5-21(40)14-45-13-20/h1-3,8-11,20-21H,4-7,12-18H2,(H,42,43). The van der Waals surface area contributed by atoms with E-state index in [1.807, 2.05) is 6.07 Å². The maximum atomic E-state index is 15.7. The predicted octanol–water partition coefficient (Wildman–Crippen LogP) is 5.46. The molecule has 0 aromatic heterocycles. The van der Waals surface area contributed by atoms with Crippen LogP contribution in [-0.4, -0.2) is 92.4 Å². The summed E-state index contributed by atoms with van der Waals surface area (Å²) in [7, 11) is 0. The molecule has 4 saturated heterocycles. The molecule has 1 N–H and O–H groups in total. The molecule has 2 unspecified atom stereocenters. The number of hydrogen-bond donors (Lipinski definition) is 1. The van der Waals surface area contributed by atoms with Crippen LogP contribution in [0.1, 0.15) is 39.1 Å². The Morgan fingerprint density at radius 2 is 1.70 bits per heavy atom. The summed E-state index contributed by atoms with van der Waals surface area (Å²) in [6.07, 6.45) is 1.76. The van der Waals surface area contributed by atoms with Crippen LogP contribution in [0.25, 0.3) is 11.1 Å². The molecular formula is C34H32Cl2FN3O7. The number of halogens is 3. The minimum atomic E-state index is -1.19. The summed E-state index contributed by atoms with van der Waals surface area (Å²) in [6.45, 7) is 4.03. The van der Waals surface area contributed by atoms with E-state index in [0.717, 1.165) is 24.6 Å². The van der Waals surface area contributed by atoms with Crippen LogP contribution in [-0.2, 0) is 20.8 Å². The van der Waals surface area contributed by atoms with Crippen molar-refractivity contribution in [3.63, 3.8) is 0 Å². The number of anilines is 2. The lowest BCUT2D eigenvalue weighted by molar-refractivity contribution is -0.167. The fourth-order valence-corrected chi connectivity index (χ4v) is 8.16. The first-order valence-electron chi connectivity index (χ1n) is 15.6. The molecule has 4 fully saturated rings. The molecule has 3 aromatic carbocycles. The normalized spacial score (nSPS) is 22.9. The van der Waals surface area contributed by atoms with Gasteiger partial charge in [0.15, 0.2) is 6.73 Å². The number of fused-ring (bicyclic) bond motifs is 3. The van der Waals surface area contributed by atoms with Gasteiger partial charge in [0, 0.05) is 22.4 Å². The number of rotatable bonds is 5. The van der Waals surface area contributed by atoms with Crippen molar-refractivity contribution in [2.24, 2.45) is 0 Å². The molecule has 2 atom stereocenters. The van der Waals surface area contributed by atoms with Crippen molar-refractivity contribution in [1.29, 1.82) is 0 Å². The predicted molar refractivity (Wildman–Crippen MR) is 172 cm³/mol. The van der Waals surface area contributed by atoms with Crippen molar-refractivity contribution in [3.8, 4) is 16.9 Å². The van der Waals surface area contributed by atoms with Gasteiger partial charge in [0.25, 0.3) is 5.91 Å². The lowest BCUT2D eigenvalue weighted by Crippen LogP contribution is -2.67. The number of carboxylic acids is 1. The number of benzene rings is 3. The first-order chi connectivity index (χ1) is 22.7. The molecule has 10 nitrogen and oxygen atoms in total. The van der Waals surface area contributed by atoms with Crippen molar-refractivity contribution >= 4 is 46.5 Å². The molecule has 3 aromatic rings. The van der Waals surface area contributed by atoms with E-state index in [-0.39, 0.29) is 57.7 Å². The summed E-state index contributed by atoms with van der Waals surface area (Å²) in [5, 5.41) is 10.4. The molecule has 0 radical (unpaired) electrons. The van der Waals surface area contributed by atoms with Gasteiger partial charge in [-0.3, -0.25) is 4.79 Å². The highest BCUT2D eigenvalue weighted by atomic mass is 35.5. The van der Waals surface area contributed by atoms with Gasteiger partial charge in [-0.2, -0.15) is 0 Å². The van der Waals surface area contributed by atoms with Crippen LogP contribution in [0.15, 0.2) is 42.5 Å². The number of para-hydroxylation sites is 1. The minimum Gasteiger partial charge on any atom is -0.478 e. The number of carboxylic acid groups (broad SMARTS) is 1. The molecule has 5 heterocycles. The zero-order chi connectivity index (χ0) is 32.4. The average Bonchev–Trinajstić information content (AvgIpc) is 3.29. The number of nitrogens with zero attached hydrogens (tertiary/aromatic N) is 3. The molecule has 1 amide bonds. The molecular weight excluding hydrogens is 652 g/mol. The molecule has 13 heteroatoms. The summed E-state index contributed by atoms with van der Waals surface area (Å²) in [6, 6.07) is 11.5. The van der Waals surface area contributed by atoms with E-state index in [1.54, 1.807) is 30.3 Å². The van der Waals surface area contributed by atoms with Crippen LogP contribution < -0.4 is 14.5 Å². The molecule has 5 aliphatic rings. The van der Waals surface area contributed by atoms with Crippen molar-refractivity contribution in [1.82, 2.24) is 4.90 Å². The lowest BCUT2D eigenvalue weighted by Gasteiger charge is -2.52. The summed E-state index contributed by atoms with van der Waals surface area (Å²) >= 11 is 13.3. The molecule has 0 aliphatic carbocycles. The van der Waals surface area contributed by atoms with Crippen LogP contribution in [0.4, 0.5) is 15.8 Å². The Bertz CT molecular complexity index is 1740. The Kier molecular flexibility index (Phi) is 7.72. The Morgan fingerprint density at radius 1 is 0.957 bits per heavy atom. The molecule has 8 rings (SSSR count). The fourth-order valence-electron chi connectivity index (χ4n) is 7.53. The molecule has 246 valence electrons. The molecule has 1 spiro atoms. The number of amides is 1. The van der Waals surface area contributed by atoms with Gasteiger partial charge in [-0.1, -0.05) is 41.4 Å². The quantitative estimate of drug-likeness (QED) is 0.376. The zero-order valence-corrected chi connectivity index (χ0v) is 26.9. The Morgan fingerprint density at radius 3 is 2.38 bits per heavy atom. The second-order valence-electron chi connectivity index (χ2n) is 12.8. The lowest BCUT2D eigenvalue weighted by atomic mass is 9.93. The second kappa shape index (κ2) is 11.8. The minimum absolute atomic E-state index is 0.0291. The van der Waals surface area contributed by atoms with E-state index in [2.05, 4.69) is 9.80 Å². The number of morpholine rings is 1. The molecule has 0 saturated carbocycles. The summed E-state index contributed by atoms with van der Waals surface area (Å²) < 4.78 is 39.0. The third kappa shape index (κ3) is 5.28. The van der Waals surface area contributed by atoms with Crippen LogP contribution in [0.3, 0.4) is 0 Å². The van der Waals surface area contributed by atoms with Crippen LogP contribution >= 0.6 is 23.2 Å². The summed E-state index contributed by atoms with van der Waals surface area (Å²) in [5.74, 6) is -1.82. The maximum Gasteiger partial charge on any atom is 0.337 e. The molecule has 47 heavy (non-hydrogen) atoms. The number of hydrogen-bond acceptors (Lipinski definition) is 8. The van der Waals surface area contributed by atoms with Gasteiger partial charge >= 0.3 is 5.97 Å². The number of carbonyl (C=O) groups excluding carboxylic acids is 1. The highest BCUT2D eigenvalue weighted by Gasteiger charge is 2.46. The highest BCUT2D eigenvalue weighted by Crippen LogP contribution is 2.44. The van der Waals surface area contributed by atoms with Gasteiger partial charge in [-0.25, -0.2) is 9.18 Å². The van der Waals surface area contributed by atoms with Gasteiger partial charge in [-0.05, 0) is 37.1 Å². The van der Waals surface area contributed by atoms with Gasteiger partial charge in [-0.15, -0.1) is 0 Å². The maximum absolute atomic E-state index is 15.7. The molecule has 2 bridgehead atoms. The second-order valence-corrected chi connectivity index (χ2v) is 13.6. The average molecular weight is 685 g/mol. The topological polar surface area (TPSA) is 101 Å². The van der Waals surface area contributed by atoms with Crippen molar-refractivity contribution in [2.75, 3.05) is 62.7 Å². The van der Waals surface area contributed by atoms with E-state index in [0.29, 0.717) is 68.7 Å². The van der Waals surface area contributed by atoms with E-state index in [1.165, 1.54) is 4.90 Å². The van der Waals surface area contributed by atoms with Crippen molar-refractivity contribution < 1.29 is 38.0 Å². The first kappa shape index (κ1) is 30.7. The molecule has 5 aliphatic heterocycles. The van der Waals surface area contributed by atoms with E-state index in [9.17, 15) is 14.7 Å². The smallest absolute Gasteiger partial charge is 0.337 e. The summed E-state index contributed by atoms with van der Waals surface area (Å²) in [4.78, 5) is 31.6. The van der Waals surface area contributed by atoms with Crippen molar-refractivity contribution in [3.05, 3.63) is 75.0 Å². The number of aromatic carboxylic acids is 1. The number of carbonyl (C=O) groups is 2. The van der Waals surface area contributed by atoms with Gasteiger partial charge in [0.05, 0.1) is 91.6 Å². The third-order valence-corrected chi connectivity index (χ3v) is 10.4. The van der Waals surface area contributed by atoms with Gasteiger partial charge in [0.1, 0.15) is 17.2 Å². The Hall–Kier alpha value is -3.61. The SMILES string of the molecule is O=C(O)c1cc(F)c(-c2cccc3c2OCN(C(=O)c2c(Cl)cc(N4CC5(COCCO5)C4)cc2Cl)C3)cc1N1C2CCC1COC2. The van der Waals surface area contributed by atoms with Crippen LogP contribution in [0.2, 0.25) is 10.0 Å². The van der Waals surface area contributed by atoms with Crippen LogP contribution in [0.5, 0.6) is 5.75 Å². The third-order valence-electron chi connectivity index (χ3n) is 9.80. The largest absolute Gasteiger partial charge is 0.478 e. The van der Waals surface area contributed by atoms with Crippen LogP contribution in [0, 0.1) is 5.82 Å². The van der Waals surface area contributed by atoms with E-state index >= 15 is 4.39 Å².